The van der Waals surface area contributed by atoms with Crippen molar-refractivity contribution in [3.63, 3.8) is 0 Å². The molecule has 0 aliphatic carbocycles. The fourth-order valence-corrected chi connectivity index (χ4v) is 0.479. The molecule has 0 saturated carbocycles. The number of nitrogens with zero attached hydrogens (tertiary/aromatic N) is 2. The SMILES string of the molecule is CN(C)CC[N+](C)=C(N)N. The minimum atomic E-state index is 0.377. The molecule has 10 heavy (non-hydrogen) atoms. The van der Waals surface area contributed by atoms with Gasteiger partial charge in [-0.2, -0.15) is 0 Å². The summed E-state index contributed by atoms with van der Waals surface area (Å²) in [7, 11) is 5.90. The van der Waals surface area contributed by atoms with Gasteiger partial charge in [-0.15, -0.1) is 0 Å². The molecule has 0 rings (SSSR count). The van der Waals surface area contributed by atoms with Crippen LogP contribution in [0, 0.1) is 0 Å². The van der Waals surface area contributed by atoms with E-state index in [1.54, 1.807) is 0 Å². The lowest BCUT2D eigenvalue weighted by Crippen LogP contribution is -2.36. The second-order valence-electron chi connectivity index (χ2n) is 2.65. The summed E-state index contributed by atoms with van der Waals surface area (Å²) in [5.74, 6) is 0.377. The Kier molecular flexibility index (Phi) is 3.79. The topological polar surface area (TPSA) is 58.3 Å². The quantitative estimate of drug-likeness (QED) is 0.287. The van der Waals surface area contributed by atoms with Gasteiger partial charge in [-0.3, -0.25) is 16.0 Å². The second kappa shape index (κ2) is 4.11. The highest BCUT2D eigenvalue weighted by Gasteiger charge is 1.96. The van der Waals surface area contributed by atoms with Crippen LogP contribution in [0.1, 0.15) is 0 Å². The molecular formula is C6H17N4+. The lowest BCUT2D eigenvalue weighted by Gasteiger charge is -2.08. The number of nitrogens with two attached hydrogens (primary N) is 2. The van der Waals surface area contributed by atoms with Crippen LogP contribution in [0.15, 0.2) is 0 Å². The van der Waals surface area contributed by atoms with Crippen molar-refractivity contribution in [1.29, 1.82) is 0 Å². The van der Waals surface area contributed by atoms with Gasteiger partial charge in [-0.1, -0.05) is 0 Å². The molecule has 0 fully saturated rings. The van der Waals surface area contributed by atoms with E-state index in [0.717, 1.165) is 13.1 Å². The first kappa shape index (κ1) is 9.23. The van der Waals surface area contributed by atoms with Gasteiger partial charge >= 0.3 is 5.96 Å². The van der Waals surface area contributed by atoms with Crippen molar-refractivity contribution in [2.45, 2.75) is 0 Å². The summed E-state index contributed by atoms with van der Waals surface area (Å²) in [6.07, 6.45) is 0. The van der Waals surface area contributed by atoms with Crippen LogP contribution in [-0.2, 0) is 0 Å². The molecule has 0 aliphatic heterocycles. The van der Waals surface area contributed by atoms with E-state index in [1.807, 2.05) is 25.7 Å². The summed E-state index contributed by atoms with van der Waals surface area (Å²) < 4.78 is 1.82. The van der Waals surface area contributed by atoms with Crippen molar-refractivity contribution in [2.75, 3.05) is 34.2 Å². The maximum Gasteiger partial charge on any atom is 0.340 e. The van der Waals surface area contributed by atoms with E-state index in [1.165, 1.54) is 0 Å². The van der Waals surface area contributed by atoms with Crippen LogP contribution in [-0.4, -0.2) is 49.7 Å². The average molecular weight is 145 g/mol. The third-order valence-electron chi connectivity index (χ3n) is 1.32. The van der Waals surface area contributed by atoms with Crippen LogP contribution >= 0.6 is 0 Å². The van der Waals surface area contributed by atoms with E-state index in [-0.39, 0.29) is 0 Å². The van der Waals surface area contributed by atoms with Crippen molar-refractivity contribution in [3.8, 4) is 0 Å². The van der Waals surface area contributed by atoms with Gasteiger partial charge in [-0.05, 0) is 14.1 Å². The summed E-state index contributed by atoms with van der Waals surface area (Å²) in [4.78, 5) is 2.08. The first-order valence-corrected chi connectivity index (χ1v) is 3.28. The molecule has 0 heterocycles. The van der Waals surface area contributed by atoms with Crippen molar-refractivity contribution < 1.29 is 4.58 Å². The molecule has 0 aromatic carbocycles. The molecule has 0 spiro atoms. The number of guanidine groups is 1. The molecule has 0 bridgehead atoms. The zero-order valence-electron chi connectivity index (χ0n) is 6.96. The summed E-state index contributed by atoms with van der Waals surface area (Å²) in [6.45, 7) is 1.84. The average Bonchev–Trinajstić information content (AvgIpc) is 1.82. The molecule has 0 unspecified atom stereocenters. The molecule has 0 saturated heterocycles. The Hall–Kier alpha value is -0.770. The first-order chi connectivity index (χ1) is 4.54. The predicted molar refractivity (Wildman–Crippen MR) is 43.0 cm³/mol. The predicted octanol–water partition coefficient (Wildman–Crippen LogP) is -1.54. The van der Waals surface area contributed by atoms with E-state index >= 15 is 0 Å². The third-order valence-corrected chi connectivity index (χ3v) is 1.32. The molecule has 0 atom stereocenters. The highest BCUT2D eigenvalue weighted by atomic mass is 15.1. The summed E-state index contributed by atoms with van der Waals surface area (Å²) in [5.41, 5.74) is 10.6. The van der Waals surface area contributed by atoms with E-state index in [9.17, 15) is 0 Å². The number of hydrogen-bond donors (Lipinski definition) is 2. The molecule has 0 aromatic heterocycles. The van der Waals surface area contributed by atoms with Gasteiger partial charge in [0.15, 0.2) is 0 Å². The van der Waals surface area contributed by atoms with Crippen LogP contribution in [0.25, 0.3) is 0 Å². The zero-order chi connectivity index (χ0) is 8.15. The minimum absolute atomic E-state index is 0.377. The van der Waals surface area contributed by atoms with Crippen LogP contribution in [0.3, 0.4) is 0 Å². The van der Waals surface area contributed by atoms with Gasteiger partial charge in [0.05, 0.1) is 13.6 Å². The smallest absolute Gasteiger partial charge is 0.306 e. The molecule has 60 valence electrons. The normalized spacial score (nSPS) is 10.0. The van der Waals surface area contributed by atoms with Gasteiger partial charge in [0, 0.05) is 6.54 Å². The summed E-state index contributed by atoms with van der Waals surface area (Å²) >= 11 is 0. The number of hydrogen-bond acceptors (Lipinski definition) is 1. The monoisotopic (exact) mass is 145 g/mol. The standard InChI is InChI=1S/C6H16N4/c1-9(2)4-5-10(3)6(7)8/h4-5H2,1-3H3,(H3,7,8)/p+1. The maximum absolute atomic E-state index is 5.32. The van der Waals surface area contributed by atoms with Gasteiger partial charge in [0.2, 0.25) is 0 Å². The summed E-state index contributed by atoms with van der Waals surface area (Å²) in [5, 5.41) is 0. The Balaban J connectivity index is 3.60. The third kappa shape index (κ3) is 4.14. The highest BCUT2D eigenvalue weighted by Crippen LogP contribution is 1.73. The minimum Gasteiger partial charge on any atom is -0.306 e. The molecule has 4 N–H and O–H groups in total. The molecule has 0 radical (unpaired) electrons. The van der Waals surface area contributed by atoms with Crippen LogP contribution in [0.5, 0.6) is 0 Å². The van der Waals surface area contributed by atoms with E-state index in [4.69, 9.17) is 11.5 Å². The van der Waals surface area contributed by atoms with Crippen molar-refractivity contribution >= 4 is 5.96 Å². The Morgan fingerprint density at radius 2 is 1.90 bits per heavy atom. The van der Waals surface area contributed by atoms with Crippen molar-refractivity contribution in [3.05, 3.63) is 0 Å². The molecule has 4 nitrogen and oxygen atoms in total. The molecule has 0 aliphatic rings. The van der Waals surface area contributed by atoms with Gasteiger partial charge in [0.25, 0.3) is 0 Å². The van der Waals surface area contributed by atoms with Crippen LogP contribution < -0.4 is 11.5 Å². The fraction of sp³-hybridized carbons (Fsp3) is 0.833. The van der Waals surface area contributed by atoms with Crippen molar-refractivity contribution in [2.24, 2.45) is 11.5 Å². The zero-order valence-corrected chi connectivity index (χ0v) is 6.96. The Morgan fingerprint density at radius 3 is 2.20 bits per heavy atom. The fourth-order valence-electron chi connectivity index (χ4n) is 0.479. The highest BCUT2D eigenvalue weighted by molar-refractivity contribution is 5.70. The van der Waals surface area contributed by atoms with Crippen LogP contribution in [0.4, 0.5) is 0 Å². The number of likely N-dealkylation sites (N-methyl/N-ethyl adjacent to an activating group) is 2. The lowest BCUT2D eigenvalue weighted by molar-refractivity contribution is -0.499. The Labute approximate surface area is 62.1 Å². The van der Waals surface area contributed by atoms with Crippen LogP contribution in [0.2, 0.25) is 0 Å². The molecule has 0 aromatic rings. The first-order valence-electron chi connectivity index (χ1n) is 3.28. The van der Waals surface area contributed by atoms with Gasteiger partial charge < -0.3 is 4.90 Å². The number of rotatable bonds is 3. The van der Waals surface area contributed by atoms with Crippen molar-refractivity contribution in [1.82, 2.24) is 4.90 Å². The lowest BCUT2D eigenvalue weighted by atomic mass is 10.5. The van der Waals surface area contributed by atoms with E-state index in [0.29, 0.717) is 5.96 Å². The molecule has 4 heteroatoms. The molecular weight excluding hydrogens is 128 g/mol. The second-order valence-corrected chi connectivity index (χ2v) is 2.65. The largest absolute Gasteiger partial charge is 0.340 e. The summed E-state index contributed by atoms with van der Waals surface area (Å²) in [6, 6.07) is 0. The van der Waals surface area contributed by atoms with E-state index in [2.05, 4.69) is 4.90 Å². The Morgan fingerprint density at radius 1 is 1.40 bits per heavy atom. The maximum atomic E-state index is 5.32. The van der Waals surface area contributed by atoms with Gasteiger partial charge in [-0.25, -0.2) is 0 Å². The molecule has 0 amide bonds. The van der Waals surface area contributed by atoms with E-state index < -0.39 is 0 Å². The Bertz CT molecular complexity index is 124. The van der Waals surface area contributed by atoms with Gasteiger partial charge in [0.1, 0.15) is 0 Å².